The number of carboxylic acids is 1. The van der Waals surface area contributed by atoms with Crippen molar-refractivity contribution in [2.45, 2.75) is 44.0 Å². The minimum absolute atomic E-state index is 0.0694. The molecule has 0 heterocycles. The van der Waals surface area contributed by atoms with E-state index in [0.29, 0.717) is 12.7 Å². The average molecular weight is 198 g/mol. The highest BCUT2D eigenvalue weighted by atomic mass is 16.4. The first-order chi connectivity index (χ1) is 6.61. The standard InChI is InChI=1S/C9H17BNO3/c11-9(8(12)13)5-1-3-7(9)4-2-6-10-14/h7,14H,1-6,11H2,(H,12,13). The Balaban J connectivity index is 2.46. The van der Waals surface area contributed by atoms with Gasteiger partial charge in [-0.15, -0.1) is 0 Å². The van der Waals surface area contributed by atoms with Gasteiger partial charge in [-0.3, -0.25) is 4.79 Å². The molecule has 0 amide bonds. The number of aliphatic carboxylic acids is 1. The lowest BCUT2D eigenvalue weighted by molar-refractivity contribution is -0.144. The van der Waals surface area contributed by atoms with Crippen LogP contribution in [0.1, 0.15) is 32.1 Å². The molecular weight excluding hydrogens is 181 g/mol. The van der Waals surface area contributed by atoms with Crippen molar-refractivity contribution in [2.75, 3.05) is 0 Å². The second-order valence-electron chi connectivity index (χ2n) is 4.05. The van der Waals surface area contributed by atoms with Gasteiger partial charge in [0, 0.05) is 0 Å². The molecule has 14 heavy (non-hydrogen) atoms. The summed E-state index contributed by atoms with van der Waals surface area (Å²) < 4.78 is 0. The predicted octanol–water partition coefficient (Wildman–Crippen LogP) is 0.379. The van der Waals surface area contributed by atoms with Crippen LogP contribution in [0.25, 0.3) is 0 Å². The molecule has 1 saturated carbocycles. The summed E-state index contributed by atoms with van der Waals surface area (Å²) in [5.74, 6) is -0.812. The van der Waals surface area contributed by atoms with Crippen LogP contribution in [0.4, 0.5) is 0 Å². The monoisotopic (exact) mass is 198 g/mol. The molecule has 79 valence electrons. The average Bonchev–Trinajstić information content (AvgIpc) is 2.50. The highest BCUT2D eigenvalue weighted by molar-refractivity contribution is 6.25. The summed E-state index contributed by atoms with van der Waals surface area (Å²) in [6.45, 7) is 0. The third-order valence-electron chi connectivity index (χ3n) is 3.16. The summed E-state index contributed by atoms with van der Waals surface area (Å²) in [6.07, 6.45) is 4.60. The normalized spacial score (nSPS) is 31.7. The van der Waals surface area contributed by atoms with Crippen molar-refractivity contribution in [1.29, 1.82) is 0 Å². The number of nitrogens with two attached hydrogens (primary N) is 1. The molecule has 0 aromatic rings. The smallest absolute Gasteiger partial charge is 0.323 e. The Morgan fingerprint density at radius 1 is 1.64 bits per heavy atom. The lowest BCUT2D eigenvalue weighted by atomic mass is 9.82. The van der Waals surface area contributed by atoms with Crippen LogP contribution in [-0.4, -0.2) is 29.1 Å². The largest absolute Gasteiger partial charge is 0.480 e. The zero-order chi connectivity index (χ0) is 10.6. The molecule has 1 fully saturated rings. The van der Waals surface area contributed by atoms with E-state index in [1.807, 2.05) is 0 Å². The first kappa shape index (κ1) is 11.5. The van der Waals surface area contributed by atoms with Crippen molar-refractivity contribution in [3.63, 3.8) is 0 Å². The third kappa shape index (κ3) is 2.28. The molecule has 4 nitrogen and oxygen atoms in total. The second kappa shape index (κ2) is 4.80. The van der Waals surface area contributed by atoms with E-state index in [0.717, 1.165) is 33.2 Å². The predicted molar refractivity (Wildman–Crippen MR) is 53.9 cm³/mol. The summed E-state index contributed by atoms with van der Waals surface area (Å²) in [5, 5.41) is 17.5. The summed E-state index contributed by atoms with van der Waals surface area (Å²) >= 11 is 0. The Bertz CT molecular complexity index is 212. The minimum Gasteiger partial charge on any atom is -0.480 e. The van der Waals surface area contributed by atoms with Crippen LogP contribution in [0, 0.1) is 5.92 Å². The number of carbonyl (C=O) groups is 1. The van der Waals surface area contributed by atoms with Crippen LogP contribution < -0.4 is 5.73 Å². The van der Waals surface area contributed by atoms with Crippen molar-refractivity contribution in [2.24, 2.45) is 11.7 Å². The van der Waals surface area contributed by atoms with Crippen LogP contribution in [0.3, 0.4) is 0 Å². The summed E-state index contributed by atoms with van der Waals surface area (Å²) in [7, 11) is 1.12. The molecule has 0 bridgehead atoms. The van der Waals surface area contributed by atoms with Gasteiger partial charge in [-0.05, 0) is 25.2 Å². The SMILES string of the molecule is NC1(C(=O)O)CCCC1CCC[B]O. The van der Waals surface area contributed by atoms with Crippen molar-refractivity contribution < 1.29 is 14.9 Å². The number of carboxylic acid groups (broad SMARTS) is 1. The molecular formula is C9H17BNO3. The summed E-state index contributed by atoms with van der Waals surface area (Å²) in [5.41, 5.74) is 4.84. The van der Waals surface area contributed by atoms with Gasteiger partial charge in [0.25, 0.3) is 7.48 Å². The second-order valence-corrected chi connectivity index (χ2v) is 4.05. The molecule has 4 N–H and O–H groups in total. The Labute approximate surface area is 84.8 Å². The van der Waals surface area contributed by atoms with Gasteiger partial charge in [-0.25, -0.2) is 0 Å². The summed E-state index contributed by atoms with van der Waals surface area (Å²) in [4.78, 5) is 11.0. The zero-order valence-corrected chi connectivity index (χ0v) is 8.28. The highest BCUT2D eigenvalue weighted by Crippen LogP contribution is 2.37. The lowest BCUT2D eigenvalue weighted by Crippen LogP contribution is -2.50. The number of rotatable bonds is 5. The van der Waals surface area contributed by atoms with Gasteiger partial charge in [-0.2, -0.15) is 0 Å². The van der Waals surface area contributed by atoms with Gasteiger partial charge in [0.05, 0.1) is 0 Å². The first-order valence-electron chi connectivity index (χ1n) is 5.09. The Morgan fingerprint density at radius 2 is 2.36 bits per heavy atom. The minimum atomic E-state index is -1.02. The third-order valence-corrected chi connectivity index (χ3v) is 3.16. The van der Waals surface area contributed by atoms with E-state index < -0.39 is 11.5 Å². The van der Waals surface area contributed by atoms with Crippen molar-refractivity contribution >= 4 is 13.5 Å². The van der Waals surface area contributed by atoms with Gasteiger partial charge in [0.15, 0.2) is 0 Å². The molecule has 2 atom stereocenters. The molecule has 0 aromatic carbocycles. The zero-order valence-electron chi connectivity index (χ0n) is 8.28. The van der Waals surface area contributed by atoms with E-state index in [-0.39, 0.29) is 5.92 Å². The maximum atomic E-state index is 11.0. The van der Waals surface area contributed by atoms with Gasteiger partial charge in [-0.1, -0.05) is 19.2 Å². The maximum absolute atomic E-state index is 11.0. The quantitative estimate of drug-likeness (QED) is 0.440. The molecule has 0 aliphatic heterocycles. The molecule has 1 rings (SSSR count). The molecule has 0 aromatic heterocycles. The van der Waals surface area contributed by atoms with Crippen LogP contribution in [-0.2, 0) is 4.79 Å². The van der Waals surface area contributed by atoms with Crippen molar-refractivity contribution in [3.8, 4) is 0 Å². The van der Waals surface area contributed by atoms with E-state index in [9.17, 15) is 4.79 Å². The molecule has 2 unspecified atom stereocenters. The number of hydrogen-bond acceptors (Lipinski definition) is 3. The fourth-order valence-corrected chi connectivity index (χ4v) is 2.24. The Kier molecular flexibility index (Phi) is 3.95. The van der Waals surface area contributed by atoms with E-state index in [2.05, 4.69) is 0 Å². The Hall–Kier alpha value is -0.545. The summed E-state index contributed by atoms with van der Waals surface area (Å²) in [6, 6.07) is 0. The van der Waals surface area contributed by atoms with E-state index >= 15 is 0 Å². The van der Waals surface area contributed by atoms with Crippen LogP contribution in [0.2, 0.25) is 6.32 Å². The molecule has 0 spiro atoms. The van der Waals surface area contributed by atoms with Gasteiger partial charge < -0.3 is 15.9 Å². The molecule has 1 radical (unpaired) electrons. The van der Waals surface area contributed by atoms with Gasteiger partial charge in [0.2, 0.25) is 0 Å². The van der Waals surface area contributed by atoms with Crippen LogP contribution in [0.5, 0.6) is 0 Å². The highest BCUT2D eigenvalue weighted by Gasteiger charge is 2.45. The fraction of sp³-hybridized carbons (Fsp3) is 0.889. The molecule has 5 heteroatoms. The van der Waals surface area contributed by atoms with Crippen LogP contribution >= 0.6 is 0 Å². The molecule has 1 aliphatic carbocycles. The lowest BCUT2D eigenvalue weighted by Gasteiger charge is -2.26. The van der Waals surface area contributed by atoms with Crippen molar-refractivity contribution in [3.05, 3.63) is 0 Å². The maximum Gasteiger partial charge on any atom is 0.323 e. The van der Waals surface area contributed by atoms with Gasteiger partial charge >= 0.3 is 5.97 Å². The van der Waals surface area contributed by atoms with Gasteiger partial charge in [0.1, 0.15) is 5.54 Å². The Morgan fingerprint density at radius 3 is 2.93 bits per heavy atom. The van der Waals surface area contributed by atoms with E-state index in [1.165, 1.54) is 0 Å². The van der Waals surface area contributed by atoms with Crippen LogP contribution in [0.15, 0.2) is 0 Å². The van der Waals surface area contributed by atoms with E-state index in [1.54, 1.807) is 0 Å². The number of hydrogen-bond donors (Lipinski definition) is 3. The molecule has 0 saturated heterocycles. The van der Waals surface area contributed by atoms with Crippen molar-refractivity contribution in [1.82, 2.24) is 0 Å². The topological polar surface area (TPSA) is 83.6 Å². The fourth-order valence-electron chi connectivity index (χ4n) is 2.24. The van der Waals surface area contributed by atoms with E-state index in [4.69, 9.17) is 15.9 Å². The molecule has 1 aliphatic rings. The first-order valence-corrected chi connectivity index (χ1v) is 5.09.